The number of hydrogen-bond acceptors (Lipinski definition) is 3. The summed E-state index contributed by atoms with van der Waals surface area (Å²) in [6.45, 7) is 1.30. The van der Waals surface area contributed by atoms with Gasteiger partial charge in [-0.15, -0.1) is 0 Å². The summed E-state index contributed by atoms with van der Waals surface area (Å²) in [6.07, 6.45) is -1.97. The molecule has 0 aliphatic heterocycles. The van der Waals surface area contributed by atoms with Gasteiger partial charge in [-0.25, -0.2) is 9.59 Å². The molecular weight excluding hydrogens is 246 g/mol. The lowest BCUT2D eigenvalue weighted by molar-refractivity contribution is -0.145. The molecule has 0 aliphatic carbocycles. The van der Waals surface area contributed by atoms with Crippen LogP contribution >= 0.6 is 0 Å². The normalized spacial score (nSPS) is 11.8. The Labute approximate surface area is 109 Å². The molecule has 2 N–H and O–H groups in total. The highest BCUT2D eigenvalue weighted by atomic mass is 16.6. The maximum absolute atomic E-state index is 11.6. The van der Waals surface area contributed by atoms with Crippen molar-refractivity contribution in [1.29, 1.82) is 0 Å². The van der Waals surface area contributed by atoms with Crippen molar-refractivity contribution in [1.82, 2.24) is 0 Å². The molecule has 2 aromatic rings. The number of benzene rings is 2. The predicted molar refractivity (Wildman–Crippen MR) is 71.1 cm³/mol. The highest BCUT2D eigenvalue weighted by Gasteiger charge is 2.16. The first-order valence-electron chi connectivity index (χ1n) is 5.76. The van der Waals surface area contributed by atoms with Gasteiger partial charge in [0.15, 0.2) is 6.10 Å². The van der Waals surface area contributed by atoms with E-state index in [2.05, 4.69) is 5.32 Å². The van der Waals surface area contributed by atoms with E-state index in [-0.39, 0.29) is 0 Å². The van der Waals surface area contributed by atoms with Crippen molar-refractivity contribution >= 4 is 28.5 Å². The van der Waals surface area contributed by atoms with E-state index in [0.29, 0.717) is 5.69 Å². The zero-order chi connectivity index (χ0) is 13.8. The third-order valence-electron chi connectivity index (χ3n) is 2.66. The van der Waals surface area contributed by atoms with Crippen LogP contribution in [0.25, 0.3) is 10.8 Å². The van der Waals surface area contributed by atoms with E-state index in [4.69, 9.17) is 9.84 Å². The molecule has 0 aromatic heterocycles. The lowest BCUT2D eigenvalue weighted by Gasteiger charge is -2.11. The van der Waals surface area contributed by atoms with Gasteiger partial charge in [-0.2, -0.15) is 0 Å². The summed E-state index contributed by atoms with van der Waals surface area (Å²) < 4.78 is 4.72. The van der Waals surface area contributed by atoms with Crippen LogP contribution in [0.1, 0.15) is 6.92 Å². The molecule has 1 unspecified atom stereocenters. The summed E-state index contributed by atoms with van der Waals surface area (Å²) in [5.74, 6) is -1.19. The standard InChI is InChI=1S/C14H13NO4/c1-9(13(16)17)19-14(18)15-12-8-4-6-10-5-2-3-7-11(10)12/h2-9H,1H3,(H,15,18)(H,16,17). The van der Waals surface area contributed by atoms with Crippen LogP contribution in [-0.2, 0) is 9.53 Å². The number of fused-ring (bicyclic) bond motifs is 1. The molecule has 0 heterocycles. The fraction of sp³-hybridized carbons (Fsp3) is 0.143. The lowest BCUT2D eigenvalue weighted by atomic mass is 10.1. The fourth-order valence-corrected chi connectivity index (χ4v) is 1.68. The van der Waals surface area contributed by atoms with Gasteiger partial charge >= 0.3 is 12.1 Å². The number of anilines is 1. The van der Waals surface area contributed by atoms with Crippen molar-refractivity contribution in [2.75, 3.05) is 5.32 Å². The second-order valence-electron chi connectivity index (χ2n) is 4.04. The molecule has 5 heteroatoms. The van der Waals surface area contributed by atoms with E-state index in [1.54, 1.807) is 12.1 Å². The number of ether oxygens (including phenoxy) is 1. The molecule has 0 radical (unpaired) electrons. The number of carbonyl (C=O) groups excluding carboxylic acids is 1. The molecule has 0 spiro atoms. The van der Waals surface area contributed by atoms with Crippen molar-refractivity contribution < 1.29 is 19.4 Å². The molecule has 0 fully saturated rings. The van der Waals surface area contributed by atoms with Crippen LogP contribution in [-0.4, -0.2) is 23.3 Å². The summed E-state index contributed by atoms with van der Waals surface area (Å²) in [7, 11) is 0. The molecule has 1 atom stereocenters. The molecule has 98 valence electrons. The Balaban J connectivity index is 2.17. The van der Waals surface area contributed by atoms with Gasteiger partial charge in [0.25, 0.3) is 0 Å². The number of nitrogens with one attached hydrogen (secondary N) is 1. The SMILES string of the molecule is CC(OC(=O)Nc1cccc2ccccc12)C(=O)O. The molecule has 0 aliphatic rings. The Morgan fingerprint density at radius 2 is 1.84 bits per heavy atom. The van der Waals surface area contributed by atoms with Gasteiger partial charge in [0.2, 0.25) is 0 Å². The third-order valence-corrected chi connectivity index (χ3v) is 2.66. The van der Waals surface area contributed by atoms with Gasteiger partial charge in [0.05, 0.1) is 5.69 Å². The van der Waals surface area contributed by atoms with Crippen LogP contribution in [0, 0.1) is 0 Å². The minimum Gasteiger partial charge on any atom is -0.479 e. The smallest absolute Gasteiger partial charge is 0.412 e. The molecule has 0 bridgehead atoms. The van der Waals surface area contributed by atoms with Crippen LogP contribution in [0.5, 0.6) is 0 Å². The summed E-state index contributed by atoms with van der Waals surface area (Å²) >= 11 is 0. The highest BCUT2D eigenvalue weighted by Crippen LogP contribution is 2.23. The van der Waals surface area contributed by atoms with E-state index in [1.165, 1.54) is 6.92 Å². The fourth-order valence-electron chi connectivity index (χ4n) is 1.68. The number of carbonyl (C=O) groups is 2. The van der Waals surface area contributed by atoms with Crippen molar-refractivity contribution in [3.63, 3.8) is 0 Å². The maximum atomic E-state index is 11.6. The molecule has 2 rings (SSSR count). The van der Waals surface area contributed by atoms with Crippen LogP contribution in [0.4, 0.5) is 10.5 Å². The minimum atomic E-state index is -1.19. The van der Waals surface area contributed by atoms with E-state index < -0.39 is 18.2 Å². The first kappa shape index (κ1) is 12.9. The van der Waals surface area contributed by atoms with Gasteiger partial charge in [-0.3, -0.25) is 5.32 Å². The van der Waals surface area contributed by atoms with Crippen LogP contribution in [0.3, 0.4) is 0 Å². The number of rotatable bonds is 3. The third kappa shape index (κ3) is 3.01. The first-order chi connectivity index (χ1) is 9.08. The predicted octanol–water partition coefficient (Wildman–Crippen LogP) is 2.86. The van der Waals surface area contributed by atoms with Gasteiger partial charge in [0, 0.05) is 5.39 Å². The van der Waals surface area contributed by atoms with E-state index in [9.17, 15) is 9.59 Å². The molecule has 5 nitrogen and oxygen atoms in total. The van der Waals surface area contributed by atoms with Gasteiger partial charge < -0.3 is 9.84 Å². The highest BCUT2D eigenvalue weighted by molar-refractivity contribution is 6.00. The van der Waals surface area contributed by atoms with Crippen LogP contribution in [0.2, 0.25) is 0 Å². The molecule has 1 amide bonds. The second kappa shape index (κ2) is 5.39. The quantitative estimate of drug-likeness (QED) is 0.888. The zero-order valence-electron chi connectivity index (χ0n) is 10.3. The van der Waals surface area contributed by atoms with Gasteiger partial charge in [-0.1, -0.05) is 36.4 Å². The summed E-state index contributed by atoms with van der Waals surface area (Å²) in [6, 6.07) is 13.0. The van der Waals surface area contributed by atoms with Crippen molar-refractivity contribution in [3.8, 4) is 0 Å². The topological polar surface area (TPSA) is 75.6 Å². The molecule has 2 aromatic carbocycles. The summed E-state index contributed by atoms with van der Waals surface area (Å²) in [5, 5.41) is 13.1. The number of hydrogen-bond donors (Lipinski definition) is 2. The number of amides is 1. The van der Waals surface area contributed by atoms with Gasteiger partial charge in [0.1, 0.15) is 0 Å². The Bertz CT molecular complexity index is 618. The second-order valence-corrected chi connectivity index (χ2v) is 4.04. The van der Waals surface area contributed by atoms with Crippen LogP contribution < -0.4 is 5.32 Å². The van der Waals surface area contributed by atoms with Crippen molar-refractivity contribution in [2.45, 2.75) is 13.0 Å². The average molecular weight is 259 g/mol. The molecule has 0 saturated heterocycles. The van der Waals surface area contributed by atoms with Gasteiger partial charge in [-0.05, 0) is 18.4 Å². The van der Waals surface area contributed by atoms with Crippen LogP contribution in [0.15, 0.2) is 42.5 Å². The molecule has 19 heavy (non-hydrogen) atoms. The van der Waals surface area contributed by atoms with E-state index in [0.717, 1.165) is 10.8 Å². The molecular formula is C14H13NO4. The summed E-state index contributed by atoms with van der Waals surface area (Å²) in [4.78, 5) is 22.2. The summed E-state index contributed by atoms with van der Waals surface area (Å²) in [5.41, 5.74) is 0.584. The largest absolute Gasteiger partial charge is 0.479 e. The van der Waals surface area contributed by atoms with E-state index >= 15 is 0 Å². The molecule has 0 saturated carbocycles. The number of carboxylic acids is 1. The monoisotopic (exact) mass is 259 g/mol. The van der Waals surface area contributed by atoms with E-state index in [1.807, 2.05) is 30.3 Å². The zero-order valence-corrected chi connectivity index (χ0v) is 10.3. The Kier molecular flexibility index (Phi) is 3.66. The lowest BCUT2D eigenvalue weighted by Crippen LogP contribution is -2.26. The average Bonchev–Trinajstić information content (AvgIpc) is 2.39. The number of aliphatic carboxylic acids is 1. The Morgan fingerprint density at radius 3 is 2.58 bits per heavy atom. The first-order valence-corrected chi connectivity index (χ1v) is 5.76. The van der Waals surface area contributed by atoms with Crippen molar-refractivity contribution in [3.05, 3.63) is 42.5 Å². The Hall–Kier alpha value is -2.56. The minimum absolute atomic E-state index is 0.584. The maximum Gasteiger partial charge on any atom is 0.412 e. The number of carboxylic acid groups (broad SMARTS) is 1. The Morgan fingerprint density at radius 1 is 1.16 bits per heavy atom. The van der Waals surface area contributed by atoms with Crippen molar-refractivity contribution in [2.24, 2.45) is 0 Å².